The fourth-order valence-corrected chi connectivity index (χ4v) is 4.04. The maximum absolute atomic E-state index is 12.3. The third kappa shape index (κ3) is 3.10. The van der Waals surface area contributed by atoms with Crippen LogP contribution >= 0.6 is 11.3 Å². The van der Waals surface area contributed by atoms with Crippen LogP contribution in [0.2, 0.25) is 0 Å². The van der Waals surface area contributed by atoms with Crippen molar-refractivity contribution in [3.05, 3.63) is 46.3 Å². The zero-order chi connectivity index (χ0) is 16.5. The average molecular weight is 341 g/mol. The molecule has 0 aliphatic heterocycles. The van der Waals surface area contributed by atoms with Crippen LogP contribution < -0.4 is 4.72 Å². The number of carboxylic acid groups (broad SMARTS) is 2. The standard InChI is InChI=1S/C13H11NO6S2/c1-7-3-2-4-9(13(17)18)11(7)14-22(19,20)10-5-8(6-21-10)12(15)16/h2-6,14H,1H3,(H,15,16)(H,17,18). The highest BCUT2D eigenvalue weighted by atomic mass is 32.2. The van der Waals surface area contributed by atoms with Crippen molar-refractivity contribution in [2.45, 2.75) is 11.1 Å². The number of carboxylic acids is 2. The molecule has 0 aliphatic carbocycles. The van der Waals surface area contributed by atoms with Gasteiger partial charge in [0.15, 0.2) is 0 Å². The summed E-state index contributed by atoms with van der Waals surface area (Å²) in [7, 11) is -4.06. The first-order chi connectivity index (χ1) is 10.2. The fraction of sp³-hybridized carbons (Fsp3) is 0.0769. The number of hydrogen-bond donors (Lipinski definition) is 3. The van der Waals surface area contributed by atoms with Crippen LogP contribution in [0.15, 0.2) is 33.9 Å². The van der Waals surface area contributed by atoms with Crippen LogP contribution in [-0.2, 0) is 10.0 Å². The molecule has 0 radical (unpaired) electrons. The Labute approximate surface area is 129 Å². The second-order valence-corrected chi connectivity index (χ2v) is 7.19. The van der Waals surface area contributed by atoms with Crippen molar-refractivity contribution in [1.82, 2.24) is 0 Å². The number of benzene rings is 1. The monoisotopic (exact) mass is 341 g/mol. The van der Waals surface area contributed by atoms with Gasteiger partial charge in [-0.3, -0.25) is 4.72 Å². The molecule has 0 unspecified atom stereocenters. The Balaban J connectivity index is 2.45. The average Bonchev–Trinajstić information content (AvgIpc) is 2.91. The van der Waals surface area contributed by atoms with Crippen LogP contribution in [0.4, 0.5) is 5.69 Å². The number of sulfonamides is 1. The summed E-state index contributed by atoms with van der Waals surface area (Å²) < 4.78 is 26.6. The Bertz CT molecular complexity index is 853. The molecule has 0 atom stereocenters. The molecule has 0 amide bonds. The molecular weight excluding hydrogens is 330 g/mol. The van der Waals surface area contributed by atoms with Gasteiger partial charge in [0, 0.05) is 5.38 Å². The summed E-state index contributed by atoms with van der Waals surface area (Å²) in [6.07, 6.45) is 0. The van der Waals surface area contributed by atoms with Crippen molar-refractivity contribution < 1.29 is 28.2 Å². The second-order valence-electron chi connectivity index (χ2n) is 4.37. The Morgan fingerprint density at radius 1 is 1.18 bits per heavy atom. The van der Waals surface area contributed by atoms with Gasteiger partial charge in [0.1, 0.15) is 4.21 Å². The lowest BCUT2D eigenvalue weighted by Crippen LogP contribution is -2.15. The second kappa shape index (κ2) is 5.78. The number of hydrogen-bond acceptors (Lipinski definition) is 5. The van der Waals surface area contributed by atoms with E-state index in [1.54, 1.807) is 13.0 Å². The predicted molar refractivity (Wildman–Crippen MR) is 80.2 cm³/mol. The van der Waals surface area contributed by atoms with Crippen molar-refractivity contribution in [2.75, 3.05) is 4.72 Å². The van der Waals surface area contributed by atoms with E-state index in [1.165, 1.54) is 17.5 Å². The molecule has 1 heterocycles. The van der Waals surface area contributed by atoms with Gasteiger partial charge in [-0.2, -0.15) is 0 Å². The van der Waals surface area contributed by atoms with E-state index in [0.29, 0.717) is 5.56 Å². The maximum atomic E-state index is 12.3. The normalized spacial score (nSPS) is 11.1. The summed E-state index contributed by atoms with van der Waals surface area (Å²) in [5, 5.41) is 19.2. The zero-order valence-electron chi connectivity index (χ0n) is 11.2. The number of nitrogens with one attached hydrogen (secondary N) is 1. The minimum absolute atomic E-state index is 0.0414. The molecule has 22 heavy (non-hydrogen) atoms. The van der Waals surface area contributed by atoms with E-state index < -0.39 is 22.0 Å². The number of thiophene rings is 1. The van der Waals surface area contributed by atoms with E-state index in [-0.39, 0.29) is 21.0 Å². The SMILES string of the molecule is Cc1cccc(C(=O)O)c1NS(=O)(=O)c1cc(C(=O)O)cs1. The topological polar surface area (TPSA) is 121 Å². The smallest absolute Gasteiger partial charge is 0.337 e. The van der Waals surface area contributed by atoms with E-state index in [4.69, 9.17) is 10.2 Å². The van der Waals surface area contributed by atoms with Crippen molar-refractivity contribution in [3.63, 3.8) is 0 Å². The number of aromatic carboxylic acids is 2. The van der Waals surface area contributed by atoms with E-state index in [2.05, 4.69) is 4.72 Å². The van der Waals surface area contributed by atoms with Crippen molar-refractivity contribution >= 4 is 39.0 Å². The molecule has 0 spiro atoms. The molecule has 0 saturated heterocycles. The number of aryl methyl sites for hydroxylation is 1. The Hall–Kier alpha value is -2.39. The van der Waals surface area contributed by atoms with E-state index in [1.807, 2.05) is 0 Å². The number of para-hydroxylation sites is 1. The molecule has 1 aromatic heterocycles. The van der Waals surface area contributed by atoms with Crippen LogP contribution in [0, 0.1) is 6.92 Å². The van der Waals surface area contributed by atoms with E-state index in [9.17, 15) is 18.0 Å². The van der Waals surface area contributed by atoms with Gasteiger partial charge in [-0.15, -0.1) is 11.3 Å². The molecule has 2 rings (SSSR count). The van der Waals surface area contributed by atoms with Gasteiger partial charge in [-0.05, 0) is 24.6 Å². The Morgan fingerprint density at radius 3 is 2.41 bits per heavy atom. The molecule has 0 saturated carbocycles. The summed E-state index contributed by atoms with van der Waals surface area (Å²) in [4.78, 5) is 22.0. The lowest BCUT2D eigenvalue weighted by atomic mass is 10.1. The summed E-state index contributed by atoms with van der Waals surface area (Å²) in [5.74, 6) is -2.50. The van der Waals surface area contributed by atoms with Gasteiger partial charge in [0.25, 0.3) is 10.0 Å². The van der Waals surface area contributed by atoms with E-state index >= 15 is 0 Å². The highest BCUT2D eigenvalue weighted by Crippen LogP contribution is 2.27. The first kappa shape index (κ1) is 16.0. The molecule has 1 aromatic carbocycles. The van der Waals surface area contributed by atoms with Crippen LogP contribution in [0.25, 0.3) is 0 Å². The number of carbonyl (C=O) groups is 2. The van der Waals surface area contributed by atoms with Gasteiger partial charge in [0.2, 0.25) is 0 Å². The third-order valence-electron chi connectivity index (χ3n) is 2.83. The van der Waals surface area contributed by atoms with Gasteiger partial charge >= 0.3 is 11.9 Å². The van der Waals surface area contributed by atoms with Crippen LogP contribution in [0.1, 0.15) is 26.3 Å². The van der Waals surface area contributed by atoms with Gasteiger partial charge < -0.3 is 10.2 Å². The van der Waals surface area contributed by atoms with E-state index in [0.717, 1.165) is 17.4 Å². The minimum atomic E-state index is -4.06. The van der Waals surface area contributed by atoms with Gasteiger partial charge in [-0.25, -0.2) is 18.0 Å². The number of anilines is 1. The molecule has 116 valence electrons. The number of rotatable bonds is 5. The molecule has 0 aliphatic rings. The van der Waals surface area contributed by atoms with Crippen molar-refractivity contribution in [3.8, 4) is 0 Å². The van der Waals surface area contributed by atoms with Crippen LogP contribution in [0.3, 0.4) is 0 Å². The lowest BCUT2D eigenvalue weighted by Gasteiger charge is -2.12. The van der Waals surface area contributed by atoms with Crippen molar-refractivity contribution in [2.24, 2.45) is 0 Å². The zero-order valence-corrected chi connectivity index (χ0v) is 12.9. The molecule has 9 heteroatoms. The van der Waals surface area contributed by atoms with Gasteiger partial charge in [0.05, 0.1) is 16.8 Å². The molecular formula is C13H11NO6S2. The first-order valence-corrected chi connectivity index (χ1v) is 8.26. The molecule has 2 aromatic rings. The summed E-state index contributed by atoms with van der Waals surface area (Å²) >= 11 is 0.745. The molecule has 7 nitrogen and oxygen atoms in total. The summed E-state index contributed by atoms with van der Waals surface area (Å²) in [6.45, 7) is 1.57. The fourth-order valence-electron chi connectivity index (χ4n) is 1.74. The summed E-state index contributed by atoms with van der Waals surface area (Å²) in [5.41, 5.74) is 0.0750. The highest BCUT2D eigenvalue weighted by Gasteiger charge is 2.22. The Kier molecular flexibility index (Phi) is 4.20. The molecule has 3 N–H and O–H groups in total. The highest BCUT2D eigenvalue weighted by molar-refractivity contribution is 7.94. The van der Waals surface area contributed by atoms with Crippen LogP contribution in [-0.4, -0.2) is 30.6 Å². The first-order valence-electron chi connectivity index (χ1n) is 5.90. The van der Waals surface area contributed by atoms with Crippen molar-refractivity contribution in [1.29, 1.82) is 0 Å². The third-order valence-corrected chi connectivity index (χ3v) is 5.62. The lowest BCUT2D eigenvalue weighted by molar-refractivity contribution is 0.0687. The summed E-state index contributed by atoms with van der Waals surface area (Å²) in [6, 6.07) is 5.38. The Morgan fingerprint density at radius 2 is 1.86 bits per heavy atom. The quantitative estimate of drug-likeness (QED) is 0.767. The minimum Gasteiger partial charge on any atom is -0.478 e. The predicted octanol–water partition coefficient (Wildman–Crippen LogP) is 2.25. The largest absolute Gasteiger partial charge is 0.478 e. The van der Waals surface area contributed by atoms with Crippen LogP contribution in [0.5, 0.6) is 0 Å². The maximum Gasteiger partial charge on any atom is 0.337 e. The molecule has 0 fully saturated rings. The van der Waals surface area contributed by atoms with Gasteiger partial charge in [-0.1, -0.05) is 12.1 Å². The molecule has 0 bridgehead atoms.